The van der Waals surface area contributed by atoms with E-state index < -0.39 is 95.6 Å². The van der Waals surface area contributed by atoms with Crippen LogP contribution in [0.4, 0.5) is 0 Å². The standard InChI is InChI=1S/C60H92N2O15/c1-37-16-12-11-13-17-38(2)50(72-8)34-46-21-19-43(7)60(71,77-46)57(68)58(69)62-26-15-14-18-47(62)59(70)76-51(35-48(64)39(3)31-42(6)55(67)56(74-10)54(66)41(5)30-37)40(4)32-45-20-22-49(52(33-45)73-9)75-53(65)36-61-27-23-44(24-28-61)25-29-63/h11,13,17,31-32,37,39-41,43-44,46-47,49-52,56,63,71H,12,14-16,18-30,33-36H2,1-10H3/b13-11+,38-17+,42-31+,45-32-/t37-,39-,40-,41-,43-,46+,47+,49-,50+,51+,52-,56+,60-/m1/s1. The number of piperidine rings is 2. The van der Waals surface area contributed by atoms with Gasteiger partial charge in [0.15, 0.2) is 17.7 Å². The second-order valence-corrected chi connectivity index (χ2v) is 23.0. The molecule has 2 N–H and O–H groups in total. The summed E-state index contributed by atoms with van der Waals surface area (Å²) in [6, 6.07) is -1.20. The number of carbonyl (C=O) groups excluding carboxylic acids is 7. The smallest absolute Gasteiger partial charge is 0.329 e. The maximum absolute atomic E-state index is 14.6. The summed E-state index contributed by atoms with van der Waals surface area (Å²) in [6.07, 6.45) is 13.2. The van der Waals surface area contributed by atoms with Crippen LogP contribution >= 0.6 is 0 Å². The van der Waals surface area contributed by atoms with E-state index >= 15 is 0 Å². The van der Waals surface area contributed by atoms with Crippen molar-refractivity contribution >= 4 is 41.0 Å². The van der Waals surface area contributed by atoms with E-state index in [9.17, 15) is 43.8 Å². The van der Waals surface area contributed by atoms with Gasteiger partial charge < -0.3 is 43.5 Å². The third-order valence-corrected chi connectivity index (χ3v) is 17.0. The van der Waals surface area contributed by atoms with Crippen LogP contribution in [0.1, 0.15) is 151 Å². The van der Waals surface area contributed by atoms with Gasteiger partial charge in [-0.05, 0) is 140 Å². The summed E-state index contributed by atoms with van der Waals surface area (Å²) in [5.41, 5.74) is 2.02. The molecule has 1 amide bonds. The molecule has 13 atom stereocenters. The first-order valence-electron chi connectivity index (χ1n) is 28.5. The molecule has 17 nitrogen and oxygen atoms in total. The van der Waals surface area contributed by atoms with Gasteiger partial charge in [-0.25, -0.2) is 4.79 Å². The summed E-state index contributed by atoms with van der Waals surface area (Å²) in [5, 5.41) is 21.4. The van der Waals surface area contributed by atoms with Gasteiger partial charge in [0.25, 0.3) is 11.7 Å². The number of ether oxygens (including phenoxy) is 6. The van der Waals surface area contributed by atoms with E-state index in [0.29, 0.717) is 63.7 Å². The number of allylic oxidation sites excluding steroid dienone is 4. The van der Waals surface area contributed by atoms with Gasteiger partial charge in [0, 0.05) is 71.0 Å². The van der Waals surface area contributed by atoms with Crippen molar-refractivity contribution in [3.8, 4) is 0 Å². The SMILES string of the molecule is CO[C@@H]1C(=O)/C(C)=C/[C@@H](C)C(=O)C[C@@H]([C@H](C)/C=C2/CC[C@@H](OC(=O)CN3CCC(CCO)CC3)[C@H](OC)C2)OC(=O)[C@@H]2CCCCN2C(=O)C(=O)[C@]2(O)O[C@@H](CC[C@H]2C)C[C@H](OC)/C(C)=C/C=C/CC[C@@H](C)C[C@@H](C)C1=O. The van der Waals surface area contributed by atoms with E-state index in [1.807, 2.05) is 38.2 Å². The van der Waals surface area contributed by atoms with Gasteiger partial charge >= 0.3 is 11.9 Å². The first-order valence-corrected chi connectivity index (χ1v) is 28.5. The number of hydrogen-bond acceptors (Lipinski definition) is 16. The molecule has 5 aliphatic rings. The number of likely N-dealkylation sites (tertiary alicyclic amines) is 1. The fraction of sp³-hybridized carbons (Fsp3) is 0.750. The largest absolute Gasteiger partial charge is 0.460 e. The van der Waals surface area contributed by atoms with Crippen molar-refractivity contribution in [1.82, 2.24) is 9.80 Å². The number of esters is 2. The highest BCUT2D eigenvalue weighted by atomic mass is 16.6. The van der Waals surface area contributed by atoms with E-state index in [1.165, 1.54) is 18.1 Å². The predicted molar refractivity (Wildman–Crippen MR) is 289 cm³/mol. The van der Waals surface area contributed by atoms with Crippen LogP contribution in [-0.2, 0) is 62.0 Å². The molecule has 0 aromatic rings. The molecule has 1 saturated carbocycles. The molecular formula is C60H92N2O15. The summed E-state index contributed by atoms with van der Waals surface area (Å²) >= 11 is 0. The lowest BCUT2D eigenvalue weighted by molar-refractivity contribution is -0.265. The lowest BCUT2D eigenvalue weighted by Crippen LogP contribution is -2.61. The van der Waals surface area contributed by atoms with Crippen LogP contribution in [0.25, 0.3) is 0 Å². The van der Waals surface area contributed by atoms with Crippen molar-refractivity contribution in [3.05, 3.63) is 47.1 Å². The average Bonchev–Trinajstić information content (AvgIpc) is 3.41. The Hall–Kier alpha value is -4.23. The number of fused-ring (bicyclic) bond motifs is 3. The second-order valence-electron chi connectivity index (χ2n) is 23.0. The number of ketones is 4. The minimum atomic E-state index is -2.46. The molecule has 17 heteroatoms. The lowest BCUT2D eigenvalue weighted by atomic mass is 9.85. The Morgan fingerprint density at radius 2 is 1.60 bits per heavy atom. The summed E-state index contributed by atoms with van der Waals surface area (Å²) < 4.78 is 35.8. The number of cyclic esters (lactones) is 1. The van der Waals surface area contributed by atoms with Gasteiger partial charge in [-0.15, -0.1) is 0 Å². The zero-order chi connectivity index (χ0) is 56.6. The van der Waals surface area contributed by atoms with Crippen molar-refractivity contribution < 1.29 is 72.2 Å². The zero-order valence-corrected chi connectivity index (χ0v) is 47.8. The van der Waals surface area contributed by atoms with Crippen LogP contribution in [0, 0.1) is 35.5 Å². The summed E-state index contributed by atoms with van der Waals surface area (Å²) in [5.74, 6) is -9.07. The second kappa shape index (κ2) is 30.4. The number of nitrogens with zero attached hydrogens (tertiary/aromatic N) is 2. The van der Waals surface area contributed by atoms with Gasteiger partial charge in [0.2, 0.25) is 5.79 Å². The number of amides is 1. The zero-order valence-electron chi connectivity index (χ0n) is 47.8. The van der Waals surface area contributed by atoms with Crippen LogP contribution in [0.5, 0.6) is 0 Å². The molecule has 432 valence electrons. The topological polar surface area (TPSA) is 222 Å². The first-order chi connectivity index (χ1) is 36.6. The Balaban J connectivity index is 1.42. The van der Waals surface area contributed by atoms with Crippen LogP contribution in [0.3, 0.4) is 0 Å². The van der Waals surface area contributed by atoms with E-state index in [4.69, 9.17) is 28.4 Å². The van der Waals surface area contributed by atoms with Gasteiger partial charge in [-0.2, -0.15) is 0 Å². The molecule has 5 rings (SSSR count). The molecule has 2 bridgehead atoms. The van der Waals surface area contributed by atoms with Gasteiger partial charge in [-0.3, -0.25) is 33.7 Å². The molecule has 0 spiro atoms. The highest BCUT2D eigenvalue weighted by molar-refractivity contribution is 6.39. The number of hydrogen-bond donors (Lipinski definition) is 2. The number of methoxy groups -OCH3 is 3. The minimum absolute atomic E-state index is 0.0513. The van der Waals surface area contributed by atoms with E-state index in [2.05, 4.69) is 11.8 Å². The fourth-order valence-electron chi connectivity index (χ4n) is 11.9. The van der Waals surface area contributed by atoms with Gasteiger partial charge in [0.1, 0.15) is 24.0 Å². The van der Waals surface area contributed by atoms with Crippen LogP contribution < -0.4 is 0 Å². The quantitative estimate of drug-likeness (QED) is 0.0957. The van der Waals surface area contributed by atoms with Crippen molar-refractivity contribution in [1.29, 1.82) is 0 Å². The Bertz CT molecular complexity index is 2160. The minimum Gasteiger partial charge on any atom is -0.460 e. The van der Waals surface area contributed by atoms with Gasteiger partial charge in [-0.1, -0.05) is 70.6 Å². The molecule has 0 unspecified atom stereocenters. The third kappa shape index (κ3) is 17.6. The van der Waals surface area contributed by atoms with Gasteiger partial charge in [0.05, 0.1) is 24.9 Å². The summed E-state index contributed by atoms with van der Waals surface area (Å²) in [6.45, 7) is 14.4. The Morgan fingerprint density at radius 3 is 2.27 bits per heavy atom. The number of Topliss-reactive ketones (excluding diaryl/α,β-unsaturated/α-hetero) is 4. The molecule has 77 heavy (non-hydrogen) atoms. The Kier molecular flexibility index (Phi) is 25.1. The molecule has 4 aliphatic heterocycles. The monoisotopic (exact) mass is 1080 g/mol. The van der Waals surface area contributed by atoms with E-state index in [-0.39, 0.29) is 61.6 Å². The fourth-order valence-corrected chi connectivity index (χ4v) is 11.9. The molecule has 0 radical (unpaired) electrons. The number of carbonyl (C=O) groups is 7. The number of rotatable bonds is 10. The van der Waals surface area contributed by atoms with Crippen LogP contribution in [-0.4, -0.2) is 164 Å². The first kappa shape index (κ1) is 63.6. The Morgan fingerprint density at radius 1 is 0.870 bits per heavy atom. The summed E-state index contributed by atoms with van der Waals surface area (Å²) in [7, 11) is 4.47. The maximum atomic E-state index is 14.6. The number of aliphatic hydroxyl groups excluding tert-OH is 1. The van der Waals surface area contributed by atoms with Crippen molar-refractivity contribution in [2.45, 2.75) is 200 Å². The number of aliphatic hydroxyl groups is 2. The van der Waals surface area contributed by atoms with Crippen molar-refractivity contribution in [3.63, 3.8) is 0 Å². The predicted octanol–water partition coefficient (Wildman–Crippen LogP) is 7.18. The maximum Gasteiger partial charge on any atom is 0.329 e. The third-order valence-electron chi connectivity index (χ3n) is 17.0. The molecule has 4 heterocycles. The molecule has 3 saturated heterocycles. The molecule has 4 fully saturated rings. The highest BCUT2D eigenvalue weighted by Crippen LogP contribution is 2.37. The van der Waals surface area contributed by atoms with E-state index in [1.54, 1.807) is 41.9 Å². The van der Waals surface area contributed by atoms with Crippen molar-refractivity contribution in [2.75, 3.05) is 54.1 Å². The lowest BCUT2D eigenvalue weighted by Gasteiger charge is -2.42. The molecule has 0 aromatic carbocycles. The van der Waals surface area contributed by atoms with Crippen LogP contribution in [0.15, 0.2) is 47.1 Å². The Labute approximate surface area is 457 Å². The molecule has 1 aliphatic carbocycles. The van der Waals surface area contributed by atoms with E-state index in [0.717, 1.165) is 56.3 Å². The average molecular weight is 1080 g/mol. The van der Waals surface area contributed by atoms with Crippen LogP contribution in [0.2, 0.25) is 0 Å². The van der Waals surface area contributed by atoms with Crippen molar-refractivity contribution in [2.24, 2.45) is 35.5 Å². The highest BCUT2D eigenvalue weighted by Gasteiger charge is 2.53. The molecule has 0 aromatic heterocycles. The summed E-state index contributed by atoms with van der Waals surface area (Å²) in [4.78, 5) is 102. The normalized spacial score (nSPS) is 36.0. The molecular weight excluding hydrogens is 989 g/mol.